The Hall–Kier alpha value is -2.93. The second kappa shape index (κ2) is 15.1. The number of likely N-dealkylation sites (tertiary alicyclic amines) is 1. The SMILES string of the molecule is C=CCC[C@H](Cc1ccccc1)C(=O)O[C@@H](C)CNC(=O)[C@H](CC=C)CC(=O)N1CCC[C@H]1CO. The van der Waals surface area contributed by atoms with Crippen LogP contribution in [0.5, 0.6) is 0 Å². The van der Waals surface area contributed by atoms with Crippen LogP contribution < -0.4 is 5.32 Å². The first-order chi connectivity index (χ1) is 16.9. The van der Waals surface area contributed by atoms with Gasteiger partial charge in [-0.3, -0.25) is 14.4 Å². The molecular formula is C28H40N2O5. The summed E-state index contributed by atoms with van der Waals surface area (Å²) >= 11 is 0. The van der Waals surface area contributed by atoms with E-state index in [0.717, 1.165) is 18.4 Å². The summed E-state index contributed by atoms with van der Waals surface area (Å²) in [6.45, 7) is 9.91. The summed E-state index contributed by atoms with van der Waals surface area (Å²) in [7, 11) is 0. The number of nitrogens with one attached hydrogen (secondary N) is 1. The van der Waals surface area contributed by atoms with E-state index in [1.807, 2.05) is 30.3 Å². The predicted octanol–water partition coefficient (Wildman–Crippen LogP) is 3.43. The monoisotopic (exact) mass is 484 g/mol. The molecule has 2 amide bonds. The van der Waals surface area contributed by atoms with Crippen molar-refractivity contribution < 1.29 is 24.2 Å². The molecule has 35 heavy (non-hydrogen) atoms. The maximum atomic E-state index is 12.8. The minimum atomic E-state index is -0.554. The molecule has 0 bridgehead atoms. The molecule has 0 saturated carbocycles. The van der Waals surface area contributed by atoms with Gasteiger partial charge in [-0.05, 0) is 51.0 Å². The van der Waals surface area contributed by atoms with E-state index >= 15 is 0 Å². The number of hydrogen-bond donors (Lipinski definition) is 2. The van der Waals surface area contributed by atoms with Gasteiger partial charge in [-0.25, -0.2) is 0 Å². The van der Waals surface area contributed by atoms with Crippen molar-refractivity contribution in [2.75, 3.05) is 19.7 Å². The highest BCUT2D eigenvalue weighted by molar-refractivity contribution is 5.86. The molecule has 7 heteroatoms. The van der Waals surface area contributed by atoms with Crippen molar-refractivity contribution in [1.82, 2.24) is 10.2 Å². The third-order valence-electron chi connectivity index (χ3n) is 6.41. The smallest absolute Gasteiger partial charge is 0.309 e. The van der Waals surface area contributed by atoms with Crippen molar-refractivity contribution in [3.63, 3.8) is 0 Å². The molecule has 2 rings (SSSR count). The molecule has 4 atom stereocenters. The Morgan fingerprint density at radius 2 is 1.94 bits per heavy atom. The van der Waals surface area contributed by atoms with E-state index in [4.69, 9.17) is 4.74 Å². The van der Waals surface area contributed by atoms with Gasteiger partial charge in [-0.15, -0.1) is 13.2 Å². The first-order valence-corrected chi connectivity index (χ1v) is 12.5. The van der Waals surface area contributed by atoms with Crippen LogP contribution in [0.2, 0.25) is 0 Å². The zero-order chi connectivity index (χ0) is 25.6. The minimum Gasteiger partial charge on any atom is -0.461 e. The number of allylic oxidation sites excluding steroid dienone is 2. The van der Waals surface area contributed by atoms with Crippen LogP contribution in [0, 0.1) is 11.8 Å². The summed E-state index contributed by atoms with van der Waals surface area (Å²) in [6.07, 6.45) is 6.91. The van der Waals surface area contributed by atoms with Gasteiger partial charge in [0.25, 0.3) is 0 Å². The number of hydrogen-bond acceptors (Lipinski definition) is 5. The van der Waals surface area contributed by atoms with Crippen LogP contribution in [0.1, 0.15) is 51.0 Å². The zero-order valence-corrected chi connectivity index (χ0v) is 20.9. The number of ether oxygens (including phenoxy) is 1. The average molecular weight is 485 g/mol. The third kappa shape index (κ3) is 9.32. The Bertz CT molecular complexity index is 841. The number of aliphatic hydroxyl groups is 1. The molecule has 1 aromatic rings. The molecule has 0 radical (unpaired) electrons. The molecule has 0 aliphatic carbocycles. The molecule has 192 valence electrons. The highest BCUT2D eigenvalue weighted by Crippen LogP contribution is 2.21. The van der Waals surface area contributed by atoms with E-state index in [-0.39, 0.29) is 49.3 Å². The number of carbonyl (C=O) groups is 3. The lowest BCUT2D eigenvalue weighted by Crippen LogP contribution is -2.42. The third-order valence-corrected chi connectivity index (χ3v) is 6.41. The van der Waals surface area contributed by atoms with E-state index in [1.165, 1.54) is 0 Å². The van der Waals surface area contributed by atoms with Gasteiger partial charge >= 0.3 is 5.97 Å². The molecule has 1 aliphatic heterocycles. The molecule has 7 nitrogen and oxygen atoms in total. The maximum Gasteiger partial charge on any atom is 0.309 e. The number of aliphatic hydroxyl groups excluding tert-OH is 1. The van der Waals surface area contributed by atoms with Crippen LogP contribution >= 0.6 is 0 Å². The van der Waals surface area contributed by atoms with Crippen molar-refractivity contribution in [1.29, 1.82) is 0 Å². The van der Waals surface area contributed by atoms with E-state index in [9.17, 15) is 19.5 Å². The second-order valence-electron chi connectivity index (χ2n) is 9.24. The number of nitrogens with zero attached hydrogens (tertiary/aromatic N) is 1. The second-order valence-corrected chi connectivity index (χ2v) is 9.24. The number of esters is 1. The van der Waals surface area contributed by atoms with Gasteiger partial charge in [0.2, 0.25) is 11.8 Å². The van der Waals surface area contributed by atoms with Gasteiger partial charge in [0.15, 0.2) is 0 Å². The number of rotatable bonds is 15. The van der Waals surface area contributed by atoms with Crippen molar-refractivity contribution >= 4 is 17.8 Å². The lowest BCUT2D eigenvalue weighted by atomic mass is 9.95. The van der Waals surface area contributed by atoms with Gasteiger partial charge < -0.3 is 20.1 Å². The zero-order valence-electron chi connectivity index (χ0n) is 20.9. The van der Waals surface area contributed by atoms with Crippen molar-refractivity contribution in [3.05, 3.63) is 61.2 Å². The Morgan fingerprint density at radius 3 is 2.60 bits per heavy atom. The van der Waals surface area contributed by atoms with Gasteiger partial charge in [-0.1, -0.05) is 42.5 Å². The summed E-state index contributed by atoms with van der Waals surface area (Å²) in [5.41, 5.74) is 1.07. The van der Waals surface area contributed by atoms with E-state index in [2.05, 4.69) is 18.5 Å². The quantitative estimate of drug-likeness (QED) is 0.294. The lowest BCUT2D eigenvalue weighted by Gasteiger charge is -2.25. The van der Waals surface area contributed by atoms with Gasteiger partial charge in [0.05, 0.1) is 31.0 Å². The Balaban J connectivity index is 1.88. The summed E-state index contributed by atoms with van der Waals surface area (Å²) < 4.78 is 5.65. The number of carbonyl (C=O) groups excluding carboxylic acids is 3. The molecule has 1 aromatic carbocycles. The van der Waals surface area contributed by atoms with Crippen LogP contribution in [0.4, 0.5) is 0 Å². The molecule has 0 aromatic heterocycles. The molecule has 0 spiro atoms. The van der Waals surface area contributed by atoms with Crippen molar-refractivity contribution in [2.45, 2.75) is 64.0 Å². The molecular weight excluding hydrogens is 444 g/mol. The molecule has 1 saturated heterocycles. The van der Waals surface area contributed by atoms with Gasteiger partial charge in [0, 0.05) is 13.0 Å². The first-order valence-electron chi connectivity index (χ1n) is 12.5. The maximum absolute atomic E-state index is 12.8. The lowest BCUT2D eigenvalue weighted by molar-refractivity contribution is -0.153. The van der Waals surface area contributed by atoms with E-state index in [0.29, 0.717) is 32.2 Å². The molecule has 1 fully saturated rings. The van der Waals surface area contributed by atoms with Crippen LogP contribution in [-0.2, 0) is 25.5 Å². The van der Waals surface area contributed by atoms with Crippen LogP contribution in [0.15, 0.2) is 55.6 Å². The molecule has 2 N–H and O–H groups in total. The van der Waals surface area contributed by atoms with Crippen LogP contribution in [-0.4, -0.2) is 59.6 Å². The summed E-state index contributed by atoms with van der Waals surface area (Å²) in [5.74, 6) is -1.54. The number of amides is 2. The minimum absolute atomic E-state index is 0.0588. The molecule has 1 aliphatic rings. The summed E-state index contributed by atoms with van der Waals surface area (Å²) in [5, 5.41) is 12.3. The Labute approximate surface area is 209 Å². The van der Waals surface area contributed by atoms with Crippen LogP contribution in [0.25, 0.3) is 0 Å². The molecule has 0 unspecified atom stereocenters. The first kappa shape index (κ1) is 28.3. The van der Waals surface area contributed by atoms with E-state index in [1.54, 1.807) is 24.0 Å². The summed E-state index contributed by atoms with van der Waals surface area (Å²) in [4.78, 5) is 40.0. The van der Waals surface area contributed by atoms with E-state index < -0.39 is 12.0 Å². The normalized spacial score (nSPS) is 17.8. The Kier molecular flexibility index (Phi) is 12.2. The largest absolute Gasteiger partial charge is 0.461 e. The summed E-state index contributed by atoms with van der Waals surface area (Å²) in [6, 6.07) is 9.64. The van der Waals surface area contributed by atoms with Crippen molar-refractivity contribution in [2.24, 2.45) is 11.8 Å². The highest BCUT2D eigenvalue weighted by Gasteiger charge is 2.31. The highest BCUT2D eigenvalue weighted by atomic mass is 16.5. The van der Waals surface area contributed by atoms with Gasteiger partial charge in [-0.2, -0.15) is 0 Å². The average Bonchev–Trinajstić information content (AvgIpc) is 3.34. The van der Waals surface area contributed by atoms with Gasteiger partial charge in [0.1, 0.15) is 6.10 Å². The number of benzene rings is 1. The molecule has 1 heterocycles. The van der Waals surface area contributed by atoms with Crippen LogP contribution in [0.3, 0.4) is 0 Å². The predicted molar refractivity (Wildman–Crippen MR) is 136 cm³/mol. The topological polar surface area (TPSA) is 95.9 Å². The fourth-order valence-corrected chi connectivity index (χ4v) is 4.41. The van der Waals surface area contributed by atoms with Crippen molar-refractivity contribution in [3.8, 4) is 0 Å². The Morgan fingerprint density at radius 1 is 1.20 bits per heavy atom. The fraction of sp³-hybridized carbons (Fsp3) is 0.536. The fourth-order valence-electron chi connectivity index (χ4n) is 4.41. The standard InChI is InChI=1S/C28H40N2O5/c1-4-6-14-24(17-22-12-8-7-9-13-22)28(34)35-21(3)19-29-27(33)23(11-5-2)18-26(32)30-16-10-15-25(30)20-31/h4-5,7-9,12-13,21,23-25,31H,1-2,6,10-11,14-20H2,3H3,(H,29,33)/t21-,23+,24+,25-/m0/s1.